The van der Waals surface area contributed by atoms with Crippen molar-refractivity contribution in [3.63, 3.8) is 0 Å². The fourth-order valence-corrected chi connectivity index (χ4v) is 10.4. The third-order valence-electron chi connectivity index (χ3n) is 14.7. The number of phenolic OH excluding ortho intramolecular Hbond substituents is 2. The molecule has 396 valence electrons. The first-order valence-electron chi connectivity index (χ1n) is 25.8. The highest BCUT2D eigenvalue weighted by molar-refractivity contribution is 6.22. The van der Waals surface area contributed by atoms with Gasteiger partial charge in [-0.2, -0.15) is 4.98 Å². The SMILES string of the molecule is CCOc1cc(N2CCC(C(=O)N3CCC(CN4CCN(C(=O)c5ccc(N(C(=N)c6cc(C(C)C)c(O)cc6O)C(N)=O)cc5)CC4)CC3)CC2)ccc1Nc1ncc(N(C)C=O)c(N(C)c2ccccc2C)n1. The zero-order chi connectivity index (χ0) is 53.5. The molecule has 0 atom stereocenters. The molecule has 4 aromatic carbocycles. The number of carbonyl (C=O) groups excluding carboxylic acids is 4. The predicted molar refractivity (Wildman–Crippen MR) is 292 cm³/mol. The maximum absolute atomic E-state index is 13.9. The Bertz CT molecular complexity index is 2870. The molecule has 6 N–H and O–H groups in total. The molecular weight excluding hydrogens is 953 g/mol. The number of hydrogen-bond donors (Lipinski definition) is 5. The number of rotatable bonds is 16. The number of amides is 5. The highest BCUT2D eigenvalue weighted by Crippen LogP contribution is 2.38. The third-order valence-corrected chi connectivity index (χ3v) is 14.7. The van der Waals surface area contributed by atoms with E-state index < -0.39 is 6.03 Å². The number of aromatic nitrogens is 2. The molecule has 8 rings (SSSR count). The van der Waals surface area contributed by atoms with E-state index in [1.54, 1.807) is 37.5 Å². The number of primary amides is 1. The van der Waals surface area contributed by atoms with Gasteiger partial charge in [0, 0.05) is 108 Å². The molecule has 19 nitrogen and oxygen atoms in total. The van der Waals surface area contributed by atoms with E-state index in [-0.39, 0.29) is 52.2 Å². The molecule has 4 heterocycles. The third kappa shape index (κ3) is 12.0. The van der Waals surface area contributed by atoms with Crippen LogP contribution in [0, 0.1) is 24.2 Å². The standard InChI is InChI=1S/C56H70N12O7/c1-7-75-50-30-42(16-17-45(50)60-56-59-33-47(62(5)35-69)52(61-56)63(6)46-11-9-8-10-37(46)4)65-24-20-40(21-25-65)54(73)66-22-18-38(19-23-66)34-64-26-28-67(29-27-64)53(72)39-12-14-41(15-13-39)68(55(58)74)51(57)44-31-43(36(2)3)48(70)32-49(44)71/h8-17,30-33,35-36,38,40,57,70-71H,7,18-29,34H2,1-6H3,(H2,58,74)(H,59,60,61). The number of carbonyl (C=O) groups is 4. The van der Waals surface area contributed by atoms with Crippen LogP contribution in [-0.4, -0.2) is 145 Å². The maximum atomic E-state index is 13.9. The first-order valence-corrected chi connectivity index (χ1v) is 25.8. The van der Waals surface area contributed by atoms with Gasteiger partial charge in [0.2, 0.25) is 18.3 Å². The summed E-state index contributed by atoms with van der Waals surface area (Å²) in [7, 11) is 3.59. The lowest BCUT2D eigenvalue weighted by atomic mass is 9.91. The number of para-hydroxylation sites is 1. The van der Waals surface area contributed by atoms with Gasteiger partial charge in [0.1, 0.15) is 28.8 Å². The number of amidine groups is 1. The lowest BCUT2D eigenvalue weighted by Gasteiger charge is -2.40. The van der Waals surface area contributed by atoms with Crippen molar-refractivity contribution >= 4 is 70.3 Å². The van der Waals surface area contributed by atoms with Gasteiger partial charge in [-0.15, -0.1) is 0 Å². The monoisotopic (exact) mass is 1020 g/mol. The van der Waals surface area contributed by atoms with Crippen molar-refractivity contribution in [2.24, 2.45) is 17.6 Å². The zero-order valence-electron chi connectivity index (χ0n) is 43.8. The lowest BCUT2D eigenvalue weighted by molar-refractivity contribution is -0.137. The first-order chi connectivity index (χ1) is 36.0. The van der Waals surface area contributed by atoms with Gasteiger partial charge in [0.15, 0.2) is 5.82 Å². The minimum absolute atomic E-state index is 0.0223. The number of piperazine rings is 1. The van der Waals surface area contributed by atoms with E-state index in [0.717, 1.165) is 106 Å². The van der Waals surface area contributed by atoms with Crippen molar-refractivity contribution in [1.29, 1.82) is 5.41 Å². The Balaban J connectivity index is 0.792. The number of nitrogens with zero attached hydrogens (tertiary/aromatic N) is 9. The molecule has 0 bridgehead atoms. The maximum Gasteiger partial charge on any atom is 0.325 e. The molecular formula is C56H70N12O7. The second-order valence-corrected chi connectivity index (χ2v) is 20.0. The van der Waals surface area contributed by atoms with Crippen LogP contribution in [0.25, 0.3) is 0 Å². The van der Waals surface area contributed by atoms with Crippen molar-refractivity contribution in [3.8, 4) is 17.2 Å². The van der Waals surface area contributed by atoms with E-state index in [2.05, 4.69) is 31.1 Å². The van der Waals surface area contributed by atoms with Gasteiger partial charge in [-0.3, -0.25) is 24.7 Å². The molecule has 3 fully saturated rings. The van der Waals surface area contributed by atoms with Gasteiger partial charge in [-0.05, 0) is 111 Å². The van der Waals surface area contributed by atoms with Crippen molar-refractivity contribution in [1.82, 2.24) is 24.7 Å². The average Bonchev–Trinajstić information content (AvgIpc) is 3.41. The number of urea groups is 1. The molecule has 3 saturated heterocycles. The number of ether oxygens (including phenoxy) is 1. The van der Waals surface area contributed by atoms with Gasteiger partial charge in [-0.1, -0.05) is 32.0 Å². The number of aryl methyl sites for hydroxylation is 1. The highest BCUT2D eigenvalue weighted by atomic mass is 16.5. The number of nitrogens with two attached hydrogens (primary N) is 1. The quantitative estimate of drug-likeness (QED) is 0.0364. The molecule has 0 spiro atoms. The van der Waals surface area contributed by atoms with Gasteiger partial charge in [-0.25, -0.2) is 14.7 Å². The lowest BCUT2D eigenvalue weighted by Crippen LogP contribution is -2.51. The number of nitrogens with one attached hydrogen (secondary N) is 2. The molecule has 0 radical (unpaired) electrons. The number of hydrogen-bond acceptors (Lipinski definition) is 14. The van der Waals surface area contributed by atoms with Crippen molar-refractivity contribution in [2.45, 2.75) is 59.3 Å². The summed E-state index contributed by atoms with van der Waals surface area (Å²) in [6, 6.07) is 22.1. The van der Waals surface area contributed by atoms with Crippen LogP contribution in [0.3, 0.4) is 0 Å². The van der Waals surface area contributed by atoms with Gasteiger partial charge < -0.3 is 50.5 Å². The summed E-state index contributed by atoms with van der Waals surface area (Å²) in [5.74, 6) is 1.20. The fraction of sp³-hybridized carbons (Fsp3) is 0.411. The Kier molecular flexibility index (Phi) is 16.7. The van der Waals surface area contributed by atoms with E-state index in [1.165, 1.54) is 11.0 Å². The molecule has 0 unspecified atom stereocenters. The molecule has 0 saturated carbocycles. The Morgan fingerprint density at radius 2 is 1.56 bits per heavy atom. The Morgan fingerprint density at radius 3 is 2.20 bits per heavy atom. The van der Waals surface area contributed by atoms with Crippen LogP contribution in [0.1, 0.15) is 79.4 Å². The van der Waals surface area contributed by atoms with Gasteiger partial charge in [0.05, 0.1) is 29.7 Å². The Labute approximate surface area is 439 Å². The number of anilines is 7. The topological polar surface area (TPSA) is 228 Å². The van der Waals surface area contributed by atoms with E-state index in [1.807, 2.05) is 80.9 Å². The molecule has 3 aliphatic heterocycles. The second kappa shape index (κ2) is 23.5. The summed E-state index contributed by atoms with van der Waals surface area (Å²) in [6.45, 7) is 14.7. The highest BCUT2D eigenvalue weighted by Gasteiger charge is 2.33. The Hall–Kier alpha value is -7.93. The number of likely N-dealkylation sites (tertiary alicyclic amines) is 1. The van der Waals surface area contributed by atoms with Crippen LogP contribution >= 0.6 is 0 Å². The summed E-state index contributed by atoms with van der Waals surface area (Å²) in [6.07, 6.45) is 5.79. The predicted octanol–water partition coefficient (Wildman–Crippen LogP) is 7.65. The van der Waals surface area contributed by atoms with Crippen LogP contribution in [0.2, 0.25) is 0 Å². The van der Waals surface area contributed by atoms with Crippen LogP contribution in [0.4, 0.5) is 45.0 Å². The summed E-state index contributed by atoms with van der Waals surface area (Å²) < 4.78 is 6.13. The van der Waals surface area contributed by atoms with Crippen LogP contribution in [0.5, 0.6) is 17.2 Å². The first kappa shape index (κ1) is 53.4. The average molecular weight is 1020 g/mol. The number of aromatic hydroxyl groups is 2. The van der Waals surface area contributed by atoms with E-state index in [4.69, 9.17) is 20.9 Å². The van der Waals surface area contributed by atoms with Crippen LogP contribution in [-0.2, 0) is 9.59 Å². The summed E-state index contributed by atoms with van der Waals surface area (Å²) in [5.41, 5.74) is 11.3. The van der Waals surface area contributed by atoms with E-state index in [9.17, 15) is 29.4 Å². The summed E-state index contributed by atoms with van der Waals surface area (Å²) >= 11 is 0. The number of piperidine rings is 2. The van der Waals surface area contributed by atoms with Gasteiger partial charge in [0.25, 0.3) is 5.91 Å². The number of benzene rings is 4. The zero-order valence-corrected chi connectivity index (χ0v) is 43.8. The normalized spacial score (nSPS) is 15.6. The minimum Gasteiger partial charge on any atom is -0.508 e. The molecule has 3 aliphatic rings. The molecule has 75 heavy (non-hydrogen) atoms. The second-order valence-electron chi connectivity index (χ2n) is 20.0. The minimum atomic E-state index is -0.936. The number of phenols is 2. The van der Waals surface area contributed by atoms with Crippen molar-refractivity contribution in [3.05, 3.63) is 107 Å². The summed E-state index contributed by atoms with van der Waals surface area (Å²) in [4.78, 5) is 74.3. The molecule has 5 amide bonds. The Morgan fingerprint density at radius 1 is 0.867 bits per heavy atom. The fourth-order valence-electron chi connectivity index (χ4n) is 10.4. The van der Waals surface area contributed by atoms with E-state index >= 15 is 0 Å². The molecule has 5 aromatic rings. The van der Waals surface area contributed by atoms with Crippen molar-refractivity contribution < 1.29 is 34.1 Å². The van der Waals surface area contributed by atoms with Crippen LogP contribution in [0.15, 0.2) is 85.1 Å². The van der Waals surface area contributed by atoms with Crippen LogP contribution < -0.4 is 35.4 Å². The molecule has 0 aliphatic carbocycles. The smallest absolute Gasteiger partial charge is 0.325 e. The largest absolute Gasteiger partial charge is 0.508 e. The summed E-state index contributed by atoms with van der Waals surface area (Å²) in [5, 5.41) is 33.0. The van der Waals surface area contributed by atoms with Crippen molar-refractivity contribution in [2.75, 3.05) is 105 Å². The molecule has 19 heteroatoms. The van der Waals surface area contributed by atoms with Gasteiger partial charge >= 0.3 is 6.03 Å². The van der Waals surface area contributed by atoms with E-state index in [0.29, 0.717) is 65.6 Å². The molecule has 1 aromatic heterocycles.